The zero-order valence-corrected chi connectivity index (χ0v) is 11.8. The van der Waals surface area contributed by atoms with Crippen LogP contribution in [0.25, 0.3) is 0 Å². The third-order valence-electron chi connectivity index (χ3n) is 3.80. The van der Waals surface area contributed by atoms with Crippen molar-refractivity contribution < 1.29 is 14.3 Å². The maximum absolute atomic E-state index is 11.9. The maximum Gasteiger partial charge on any atom is 0.248 e. The van der Waals surface area contributed by atoms with E-state index in [9.17, 15) is 9.59 Å². The molecule has 2 rings (SSSR count). The number of carbonyl (C=O) groups excluding carboxylic acids is 2. The zero-order valence-electron chi connectivity index (χ0n) is 11.8. The van der Waals surface area contributed by atoms with Gasteiger partial charge in [-0.15, -0.1) is 0 Å². The Morgan fingerprint density at radius 1 is 1.32 bits per heavy atom. The highest BCUT2D eigenvalue weighted by Gasteiger charge is 2.33. The average Bonchev–Trinajstić information content (AvgIpc) is 2.87. The molecule has 1 N–H and O–H groups in total. The topological polar surface area (TPSA) is 61.9 Å². The lowest BCUT2D eigenvalue weighted by atomic mass is 10.0. The fourth-order valence-corrected chi connectivity index (χ4v) is 2.28. The Morgan fingerprint density at radius 2 is 1.95 bits per heavy atom. The molecule has 2 aliphatic rings. The second-order valence-corrected chi connectivity index (χ2v) is 5.68. The van der Waals surface area contributed by atoms with E-state index < -0.39 is 0 Å². The van der Waals surface area contributed by atoms with Crippen LogP contribution in [-0.2, 0) is 14.3 Å². The molecular formula is C13H23N3O3. The van der Waals surface area contributed by atoms with Crippen LogP contribution in [0, 0.1) is 0 Å². The second kappa shape index (κ2) is 5.88. The molecule has 0 aromatic rings. The lowest BCUT2D eigenvalue weighted by molar-refractivity contribution is -0.148. The Labute approximate surface area is 114 Å². The van der Waals surface area contributed by atoms with Gasteiger partial charge in [0.25, 0.3) is 0 Å². The molecule has 2 heterocycles. The van der Waals surface area contributed by atoms with E-state index in [-0.39, 0.29) is 30.6 Å². The molecule has 0 aliphatic carbocycles. The number of carbonyl (C=O) groups is 2. The minimum atomic E-state index is -0.227. The fraction of sp³-hybridized carbons (Fsp3) is 0.846. The van der Waals surface area contributed by atoms with Crippen molar-refractivity contribution in [2.45, 2.75) is 25.4 Å². The van der Waals surface area contributed by atoms with Gasteiger partial charge in [0.1, 0.15) is 6.61 Å². The first-order valence-electron chi connectivity index (χ1n) is 6.87. The minimum Gasteiger partial charge on any atom is -0.363 e. The Hall–Kier alpha value is -1.14. The monoisotopic (exact) mass is 269 g/mol. The van der Waals surface area contributed by atoms with Gasteiger partial charge in [-0.2, -0.15) is 0 Å². The average molecular weight is 269 g/mol. The van der Waals surface area contributed by atoms with E-state index in [1.807, 2.05) is 11.8 Å². The molecule has 2 amide bonds. The van der Waals surface area contributed by atoms with Crippen LogP contribution in [0.3, 0.4) is 0 Å². The quantitative estimate of drug-likeness (QED) is 0.727. The first-order valence-corrected chi connectivity index (χ1v) is 6.87. The number of nitrogens with one attached hydrogen (secondary N) is 1. The van der Waals surface area contributed by atoms with Crippen LogP contribution in [0.15, 0.2) is 0 Å². The molecule has 0 spiro atoms. The third kappa shape index (κ3) is 3.67. The van der Waals surface area contributed by atoms with Gasteiger partial charge in [-0.3, -0.25) is 9.59 Å². The molecule has 19 heavy (non-hydrogen) atoms. The van der Waals surface area contributed by atoms with Crippen molar-refractivity contribution in [3.05, 3.63) is 0 Å². The Bertz CT molecular complexity index is 349. The highest BCUT2D eigenvalue weighted by molar-refractivity contribution is 5.85. The highest BCUT2D eigenvalue weighted by atomic mass is 16.5. The van der Waals surface area contributed by atoms with Gasteiger partial charge < -0.3 is 19.9 Å². The van der Waals surface area contributed by atoms with Crippen molar-refractivity contribution in [1.29, 1.82) is 0 Å². The SMILES string of the molecule is CN(CC(=O)N1CCCC1)C(=O)COC1(C)CNC1. The Kier molecular flexibility index (Phi) is 4.42. The predicted molar refractivity (Wildman–Crippen MR) is 70.7 cm³/mol. The number of likely N-dealkylation sites (tertiary alicyclic amines) is 1. The summed E-state index contributed by atoms with van der Waals surface area (Å²) in [5.74, 6) is -0.106. The Morgan fingerprint density at radius 3 is 2.47 bits per heavy atom. The van der Waals surface area contributed by atoms with E-state index in [0.717, 1.165) is 39.0 Å². The van der Waals surface area contributed by atoms with E-state index in [1.165, 1.54) is 4.90 Å². The van der Waals surface area contributed by atoms with Gasteiger partial charge >= 0.3 is 0 Å². The summed E-state index contributed by atoms with van der Waals surface area (Å²) in [4.78, 5) is 27.1. The van der Waals surface area contributed by atoms with Crippen molar-refractivity contribution in [3.8, 4) is 0 Å². The van der Waals surface area contributed by atoms with E-state index in [4.69, 9.17) is 4.74 Å². The predicted octanol–water partition coefficient (Wildman–Crippen LogP) is -0.554. The summed E-state index contributed by atoms with van der Waals surface area (Å²) in [6, 6.07) is 0. The molecule has 6 heteroatoms. The molecule has 0 saturated carbocycles. The number of amides is 2. The Balaban J connectivity index is 1.70. The highest BCUT2D eigenvalue weighted by Crippen LogP contribution is 2.15. The molecule has 0 bridgehead atoms. The van der Waals surface area contributed by atoms with Crippen molar-refractivity contribution >= 4 is 11.8 Å². The van der Waals surface area contributed by atoms with Crippen LogP contribution in [-0.4, -0.2) is 73.6 Å². The number of ether oxygens (including phenoxy) is 1. The minimum absolute atomic E-state index is 0.0323. The molecule has 6 nitrogen and oxygen atoms in total. The first-order chi connectivity index (χ1) is 9.00. The van der Waals surface area contributed by atoms with E-state index in [2.05, 4.69) is 5.32 Å². The van der Waals surface area contributed by atoms with Gasteiger partial charge in [0.15, 0.2) is 0 Å². The van der Waals surface area contributed by atoms with Crippen LogP contribution in [0.4, 0.5) is 0 Å². The summed E-state index contributed by atoms with van der Waals surface area (Å²) in [6.45, 7) is 5.36. The van der Waals surface area contributed by atoms with Gasteiger partial charge in [0.05, 0.1) is 12.1 Å². The number of likely N-dealkylation sites (N-methyl/N-ethyl adjacent to an activating group) is 1. The van der Waals surface area contributed by atoms with Crippen LogP contribution in [0.2, 0.25) is 0 Å². The van der Waals surface area contributed by atoms with Crippen LogP contribution < -0.4 is 5.32 Å². The van der Waals surface area contributed by atoms with E-state index >= 15 is 0 Å². The zero-order chi connectivity index (χ0) is 13.9. The van der Waals surface area contributed by atoms with Gasteiger partial charge in [-0.25, -0.2) is 0 Å². The lowest BCUT2D eigenvalue weighted by Gasteiger charge is -2.39. The first kappa shape index (κ1) is 14.3. The molecule has 0 aromatic heterocycles. The van der Waals surface area contributed by atoms with Crippen LogP contribution in [0.1, 0.15) is 19.8 Å². The van der Waals surface area contributed by atoms with Crippen molar-refractivity contribution in [3.63, 3.8) is 0 Å². The molecule has 108 valence electrons. The van der Waals surface area contributed by atoms with E-state index in [1.54, 1.807) is 7.05 Å². The van der Waals surface area contributed by atoms with Gasteiger partial charge in [-0.1, -0.05) is 0 Å². The van der Waals surface area contributed by atoms with Gasteiger partial charge in [0, 0.05) is 33.2 Å². The van der Waals surface area contributed by atoms with Gasteiger partial charge in [0.2, 0.25) is 11.8 Å². The number of nitrogens with zero attached hydrogens (tertiary/aromatic N) is 2. The summed E-state index contributed by atoms with van der Waals surface area (Å²) in [5.41, 5.74) is -0.227. The van der Waals surface area contributed by atoms with Crippen molar-refractivity contribution in [2.24, 2.45) is 0 Å². The molecule has 2 saturated heterocycles. The number of hydrogen-bond donors (Lipinski definition) is 1. The molecule has 0 unspecified atom stereocenters. The molecule has 2 fully saturated rings. The van der Waals surface area contributed by atoms with Crippen molar-refractivity contribution in [2.75, 3.05) is 46.4 Å². The summed E-state index contributed by atoms with van der Waals surface area (Å²) >= 11 is 0. The largest absolute Gasteiger partial charge is 0.363 e. The normalized spacial score (nSPS) is 21.1. The molecule has 0 aromatic carbocycles. The fourth-order valence-electron chi connectivity index (χ4n) is 2.28. The number of hydrogen-bond acceptors (Lipinski definition) is 4. The number of rotatable bonds is 5. The summed E-state index contributed by atoms with van der Waals surface area (Å²) < 4.78 is 5.58. The molecule has 2 aliphatic heterocycles. The molecule has 0 atom stereocenters. The van der Waals surface area contributed by atoms with Crippen LogP contribution in [0.5, 0.6) is 0 Å². The standard InChI is InChI=1S/C13H23N3O3/c1-13(9-14-10-13)19-8-12(18)15(2)7-11(17)16-5-3-4-6-16/h14H,3-10H2,1-2H3. The molecule has 0 radical (unpaired) electrons. The third-order valence-corrected chi connectivity index (χ3v) is 3.80. The molecular weight excluding hydrogens is 246 g/mol. The van der Waals surface area contributed by atoms with E-state index in [0.29, 0.717) is 0 Å². The summed E-state index contributed by atoms with van der Waals surface area (Å²) in [6.07, 6.45) is 2.13. The maximum atomic E-state index is 11.9. The lowest BCUT2D eigenvalue weighted by Crippen LogP contribution is -2.59. The summed E-state index contributed by atoms with van der Waals surface area (Å²) in [5, 5.41) is 3.11. The van der Waals surface area contributed by atoms with Crippen LogP contribution >= 0.6 is 0 Å². The summed E-state index contributed by atoms with van der Waals surface area (Å²) in [7, 11) is 1.65. The van der Waals surface area contributed by atoms with Crippen molar-refractivity contribution in [1.82, 2.24) is 15.1 Å². The smallest absolute Gasteiger partial charge is 0.248 e. The second-order valence-electron chi connectivity index (χ2n) is 5.68. The van der Waals surface area contributed by atoms with Gasteiger partial charge in [-0.05, 0) is 19.8 Å².